The van der Waals surface area contributed by atoms with Gasteiger partial charge in [0.05, 0.1) is 16.9 Å². The lowest BCUT2D eigenvalue weighted by Crippen LogP contribution is -2.39. The number of halogens is 3. The third-order valence-electron chi connectivity index (χ3n) is 4.06. The zero-order valence-corrected chi connectivity index (χ0v) is 16.6. The maximum absolute atomic E-state index is 12.6. The van der Waals surface area contributed by atoms with E-state index in [9.17, 15) is 13.2 Å². The Morgan fingerprint density at radius 1 is 1.14 bits per heavy atom. The van der Waals surface area contributed by atoms with Gasteiger partial charge in [-0.05, 0) is 24.1 Å². The van der Waals surface area contributed by atoms with E-state index in [1.54, 1.807) is 7.05 Å². The van der Waals surface area contributed by atoms with Crippen molar-refractivity contribution in [2.75, 3.05) is 20.1 Å². The minimum atomic E-state index is -4.39. The van der Waals surface area contributed by atoms with Gasteiger partial charge in [0.25, 0.3) is 0 Å². The molecule has 0 aliphatic rings. The van der Waals surface area contributed by atoms with Crippen molar-refractivity contribution in [3.05, 3.63) is 64.4 Å². The predicted molar refractivity (Wildman–Crippen MR) is 107 cm³/mol. The lowest BCUT2D eigenvalue weighted by molar-refractivity contribution is -0.140. The second-order valence-electron chi connectivity index (χ2n) is 6.18. The van der Waals surface area contributed by atoms with E-state index >= 15 is 0 Å². The van der Waals surface area contributed by atoms with Crippen molar-refractivity contribution in [1.82, 2.24) is 25.4 Å². The van der Waals surface area contributed by atoms with Crippen molar-refractivity contribution in [3.63, 3.8) is 0 Å². The summed E-state index contributed by atoms with van der Waals surface area (Å²) in [5.41, 5.74) is 1.25. The smallest absolute Gasteiger partial charge is 0.356 e. The average Bonchev–Trinajstić information content (AvgIpc) is 3.37. The van der Waals surface area contributed by atoms with E-state index < -0.39 is 11.9 Å². The number of thiazole rings is 1. The van der Waals surface area contributed by atoms with Crippen molar-refractivity contribution < 1.29 is 13.2 Å². The van der Waals surface area contributed by atoms with Crippen LogP contribution in [0.1, 0.15) is 16.3 Å². The molecule has 0 saturated heterocycles. The van der Waals surface area contributed by atoms with Gasteiger partial charge in [0.2, 0.25) is 0 Å². The Balaban J connectivity index is 1.41. The molecule has 2 N–H and O–H groups in total. The summed E-state index contributed by atoms with van der Waals surface area (Å²) in [6.45, 7) is 1.09. The minimum Gasteiger partial charge on any atom is -0.356 e. The van der Waals surface area contributed by atoms with Crippen LogP contribution in [-0.2, 0) is 19.0 Å². The quantitative estimate of drug-likeness (QED) is 0.453. The summed E-state index contributed by atoms with van der Waals surface area (Å²) < 4.78 is 39.6. The van der Waals surface area contributed by atoms with Crippen molar-refractivity contribution in [1.29, 1.82) is 0 Å². The number of aliphatic imine (C=N–C) groups is 1. The number of alkyl halides is 3. The highest BCUT2D eigenvalue weighted by Gasteiger charge is 2.33. The number of hydrogen-bond donors (Lipinski definition) is 2. The maximum atomic E-state index is 12.6. The van der Waals surface area contributed by atoms with Crippen molar-refractivity contribution in [2.24, 2.45) is 4.99 Å². The van der Waals surface area contributed by atoms with Gasteiger partial charge in [0.15, 0.2) is 11.7 Å². The van der Waals surface area contributed by atoms with E-state index in [2.05, 4.69) is 25.7 Å². The number of aromatic nitrogens is 3. The summed E-state index contributed by atoms with van der Waals surface area (Å²) in [5.74, 6) is 0.591. The lowest BCUT2D eigenvalue weighted by Gasteiger charge is -2.10. The molecule has 0 bridgehead atoms. The van der Waals surface area contributed by atoms with E-state index in [0.29, 0.717) is 30.5 Å². The molecule has 29 heavy (non-hydrogen) atoms. The van der Waals surface area contributed by atoms with Gasteiger partial charge in [0, 0.05) is 38.1 Å². The predicted octanol–water partition coefficient (Wildman–Crippen LogP) is 3.30. The number of para-hydroxylation sites is 1. The SMILES string of the molecule is CN=C(NCCc1cnn(-c2ccccc2)c1)NCCc1nc(C(F)(F)F)cs1. The summed E-state index contributed by atoms with van der Waals surface area (Å²) in [5, 5.41) is 12.1. The average molecular weight is 422 g/mol. The van der Waals surface area contributed by atoms with Crippen LogP contribution in [-0.4, -0.2) is 40.9 Å². The van der Waals surface area contributed by atoms with Crippen LogP contribution >= 0.6 is 11.3 Å². The molecule has 0 aliphatic heterocycles. The molecule has 0 atom stereocenters. The Morgan fingerprint density at radius 3 is 2.52 bits per heavy atom. The van der Waals surface area contributed by atoms with Crippen LogP contribution in [0.4, 0.5) is 13.2 Å². The maximum Gasteiger partial charge on any atom is 0.434 e. The highest BCUT2D eigenvalue weighted by Crippen LogP contribution is 2.29. The third-order valence-corrected chi connectivity index (χ3v) is 4.97. The van der Waals surface area contributed by atoms with Crippen LogP contribution in [0.2, 0.25) is 0 Å². The first-order valence-corrected chi connectivity index (χ1v) is 9.89. The highest BCUT2D eigenvalue weighted by atomic mass is 32.1. The number of rotatable bonds is 7. The zero-order valence-electron chi connectivity index (χ0n) is 15.8. The Hall–Kier alpha value is -2.88. The van der Waals surface area contributed by atoms with Crippen molar-refractivity contribution >= 4 is 17.3 Å². The standard InChI is InChI=1S/C19H21F3N6S/c1-23-18(25-10-8-17-27-16(13-29-17)19(20,21)22)24-9-7-14-11-26-28(12-14)15-5-3-2-4-6-15/h2-6,11-13H,7-10H2,1H3,(H2,23,24,25). The molecule has 3 rings (SSSR count). The zero-order chi connectivity index (χ0) is 20.7. The summed E-state index contributed by atoms with van der Waals surface area (Å²) in [7, 11) is 1.65. The molecule has 2 heterocycles. The molecule has 0 spiro atoms. The van der Waals surface area contributed by atoms with Gasteiger partial charge in [-0.1, -0.05) is 18.2 Å². The Kier molecular flexibility index (Phi) is 6.86. The topological polar surface area (TPSA) is 67.1 Å². The van der Waals surface area contributed by atoms with Crippen LogP contribution in [0.5, 0.6) is 0 Å². The number of nitrogens with one attached hydrogen (secondary N) is 2. The van der Waals surface area contributed by atoms with E-state index in [0.717, 1.165) is 34.4 Å². The first kappa shape index (κ1) is 20.8. The Labute approximate surface area is 170 Å². The number of hydrogen-bond acceptors (Lipinski definition) is 4. The monoisotopic (exact) mass is 422 g/mol. The highest BCUT2D eigenvalue weighted by molar-refractivity contribution is 7.09. The summed E-state index contributed by atoms with van der Waals surface area (Å²) in [4.78, 5) is 7.74. The molecule has 0 amide bonds. The largest absolute Gasteiger partial charge is 0.434 e. The van der Waals surface area contributed by atoms with Gasteiger partial charge in [-0.25, -0.2) is 9.67 Å². The van der Waals surface area contributed by atoms with Gasteiger partial charge in [0.1, 0.15) is 0 Å². The van der Waals surface area contributed by atoms with Crippen LogP contribution < -0.4 is 10.6 Å². The number of guanidine groups is 1. The Bertz CT molecular complexity index is 933. The van der Waals surface area contributed by atoms with E-state index in [-0.39, 0.29) is 0 Å². The first-order chi connectivity index (χ1) is 14.0. The minimum absolute atomic E-state index is 0.394. The van der Waals surface area contributed by atoms with Crippen LogP contribution in [0.15, 0.2) is 53.1 Å². The Morgan fingerprint density at radius 2 is 1.86 bits per heavy atom. The van der Waals surface area contributed by atoms with Gasteiger partial charge in [-0.3, -0.25) is 4.99 Å². The van der Waals surface area contributed by atoms with Gasteiger partial charge in [-0.15, -0.1) is 11.3 Å². The lowest BCUT2D eigenvalue weighted by atomic mass is 10.2. The van der Waals surface area contributed by atoms with Crippen LogP contribution in [0.3, 0.4) is 0 Å². The van der Waals surface area contributed by atoms with E-state index in [1.807, 2.05) is 47.4 Å². The fourth-order valence-electron chi connectivity index (χ4n) is 2.60. The summed E-state index contributed by atoms with van der Waals surface area (Å²) in [6.07, 6.45) is 0.563. The fourth-order valence-corrected chi connectivity index (χ4v) is 3.41. The molecular formula is C19H21F3N6S. The molecule has 0 aliphatic carbocycles. The van der Waals surface area contributed by atoms with Crippen molar-refractivity contribution in [2.45, 2.75) is 19.0 Å². The third kappa shape index (κ3) is 6.05. The first-order valence-electron chi connectivity index (χ1n) is 9.01. The molecule has 1 aromatic carbocycles. The molecule has 2 aromatic heterocycles. The molecule has 0 radical (unpaired) electrons. The molecule has 6 nitrogen and oxygen atoms in total. The van der Waals surface area contributed by atoms with Crippen molar-refractivity contribution in [3.8, 4) is 5.69 Å². The molecule has 0 saturated carbocycles. The molecule has 3 aromatic rings. The molecule has 0 unspecified atom stereocenters. The molecule has 154 valence electrons. The summed E-state index contributed by atoms with van der Waals surface area (Å²) in [6, 6.07) is 9.86. The van der Waals surface area contributed by atoms with Crippen LogP contribution in [0.25, 0.3) is 5.69 Å². The van der Waals surface area contributed by atoms with Gasteiger partial charge < -0.3 is 10.6 Å². The second-order valence-corrected chi connectivity index (χ2v) is 7.12. The molecule has 10 heteroatoms. The van der Waals surface area contributed by atoms with Crippen LogP contribution in [0, 0.1) is 0 Å². The normalized spacial score (nSPS) is 12.2. The van der Waals surface area contributed by atoms with E-state index in [1.165, 1.54) is 0 Å². The van der Waals surface area contributed by atoms with Gasteiger partial charge >= 0.3 is 6.18 Å². The molecular weight excluding hydrogens is 401 g/mol. The fraction of sp³-hybridized carbons (Fsp3) is 0.316. The van der Waals surface area contributed by atoms with E-state index in [4.69, 9.17) is 0 Å². The summed E-state index contributed by atoms with van der Waals surface area (Å²) >= 11 is 1.01. The van der Waals surface area contributed by atoms with Gasteiger partial charge in [-0.2, -0.15) is 18.3 Å². The second kappa shape index (κ2) is 9.55. The molecule has 0 fully saturated rings. The number of benzene rings is 1. The number of nitrogens with zero attached hydrogens (tertiary/aromatic N) is 4.